The third-order valence-corrected chi connectivity index (χ3v) is 6.32. The van der Waals surface area contributed by atoms with Crippen LogP contribution in [0.4, 0.5) is 14.5 Å². The van der Waals surface area contributed by atoms with Crippen molar-refractivity contribution in [2.75, 3.05) is 17.4 Å². The lowest BCUT2D eigenvalue weighted by Crippen LogP contribution is -2.47. The lowest BCUT2D eigenvalue weighted by molar-refractivity contribution is -0.129. The number of hydrogen-bond acceptors (Lipinski definition) is 4. The molecule has 0 N–H and O–H groups in total. The zero-order valence-electron chi connectivity index (χ0n) is 14.5. The maximum absolute atomic E-state index is 14.4. The number of anilines is 1. The number of benzene rings is 2. The Balaban J connectivity index is 1.73. The summed E-state index contributed by atoms with van der Waals surface area (Å²) in [5.74, 6) is -1.54. The molecule has 142 valence electrons. The average molecular weight is 418 g/mol. The number of carbonyl (C=O) groups excluding carboxylic acids is 1. The maximum Gasteiger partial charge on any atom is 0.229 e. The van der Waals surface area contributed by atoms with Crippen molar-refractivity contribution in [3.05, 3.63) is 75.3 Å². The number of hydrogen-bond donors (Lipinski definition) is 0. The summed E-state index contributed by atoms with van der Waals surface area (Å²) in [5.41, 5.74) is 0.864. The fraction of sp³-hybridized carbons (Fsp3) is 0.200. The van der Waals surface area contributed by atoms with Gasteiger partial charge in [-0.05, 0) is 24.3 Å². The highest BCUT2D eigenvalue weighted by Gasteiger charge is 2.40. The number of para-hydroxylation sites is 1. The van der Waals surface area contributed by atoms with Gasteiger partial charge in [0.2, 0.25) is 5.91 Å². The molecule has 8 heteroatoms. The topological polar surface area (TPSA) is 47.3 Å². The van der Waals surface area contributed by atoms with Crippen LogP contribution in [0.25, 0.3) is 0 Å². The second kappa shape index (κ2) is 7.46. The summed E-state index contributed by atoms with van der Waals surface area (Å²) in [5, 5.41) is 10.4. The number of carbonyl (C=O) groups is 1. The summed E-state index contributed by atoms with van der Waals surface area (Å²) in [6.07, 6.45) is -0.0707. The van der Waals surface area contributed by atoms with Gasteiger partial charge in [-0.15, -0.1) is 0 Å². The van der Waals surface area contributed by atoms with Crippen LogP contribution < -0.4 is 4.90 Å². The molecular formula is C20H14ClF2N3OS. The van der Waals surface area contributed by atoms with Gasteiger partial charge in [-0.3, -0.25) is 9.69 Å². The first kappa shape index (κ1) is 18.8. The standard InChI is InChI=1S/C20H14ClF2N3OS/c21-14-4-3-6-16(23)19(14)12-8-18(27)26-10-25(11-28-20(26)13(12)9-24)17-7-2-1-5-15(17)22/h1-7,12H,8,10-11H2/t12-/m1/s1. The maximum atomic E-state index is 14.4. The van der Waals surface area contributed by atoms with Crippen molar-refractivity contribution in [2.45, 2.75) is 12.3 Å². The fourth-order valence-electron chi connectivity index (χ4n) is 3.51. The van der Waals surface area contributed by atoms with Gasteiger partial charge in [0.1, 0.15) is 11.6 Å². The summed E-state index contributed by atoms with van der Waals surface area (Å²) >= 11 is 7.44. The lowest BCUT2D eigenvalue weighted by atomic mass is 9.86. The van der Waals surface area contributed by atoms with Gasteiger partial charge < -0.3 is 4.90 Å². The zero-order valence-corrected chi connectivity index (χ0v) is 16.1. The Labute approximate surface area is 170 Å². The van der Waals surface area contributed by atoms with E-state index in [0.29, 0.717) is 22.2 Å². The Morgan fingerprint density at radius 3 is 2.61 bits per heavy atom. The molecule has 1 atom stereocenters. The van der Waals surface area contributed by atoms with Gasteiger partial charge in [0.15, 0.2) is 0 Å². The molecule has 1 amide bonds. The van der Waals surface area contributed by atoms with Crippen molar-refractivity contribution in [2.24, 2.45) is 0 Å². The van der Waals surface area contributed by atoms with Crippen LogP contribution in [-0.2, 0) is 4.79 Å². The van der Waals surface area contributed by atoms with E-state index < -0.39 is 11.7 Å². The third-order valence-electron chi connectivity index (χ3n) is 4.83. The predicted octanol–water partition coefficient (Wildman–Crippen LogP) is 4.84. The highest BCUT2D eigenvalue weighted by molar-refractivity contribution is 8.03. The Morgan fingerprint density at radius 2 is 1.89 bits per heavy atom. The minimum Gasteiger partial charge on any atom is -0.341 e. The molecule has 0 unspecified atom stereocenters. The van der Waals surface area contributed by atoms with Crippen LogP contribution in [0.3, 0.4) is 0 Å². The third kappa shape index (κ3) is 3.13. The molecule has 0 bridgehead atoms. The normalized spacial score (nSPS) is 19.5. The van der Waals surface area contributed by atoms with Gasteiger partial charge in [0.25, 0.3) is 0 Å². The van der Waals surface area contributed by atoms with Crippen LogP contribution in [0.2, 0.25) is 5.02 Å². The molecule has 0 radical (unpaired) electrons. The lowest BCUT2D eigenvalue weighted by Gasteiger charge is -2.42. The summed E-state index contributed by atoms with van der Waals surface area (Å²) in [6.45, 7) is 0.130. The number of nitriles is 1. The van der Waals surface area contributed by atoms with Crippen LogP contribution in [0, 0.1) is 23.0 Å². The first-order valence-electron chi connectivity index (χ1n) is 8.52. The smallest absolute Gasteiger partial charge is 0.229 e. The number of fused-ring (bicyclic) bond motifs is 1. The van der Waals surface area contributed by atoms with E-state index in [-0.39, 0.29) is 35.4 Å². The van der Waals surface area contributed by atoms with Crippen LogP contribution in [0.5, 0.6) is 0 Å². The second-order valence-corrected chi connectivity index (χ2v) is 7.79. The molecule has 4 nitrogen and oxygen atoms in total. The quantitative estimate of drug-likeness (QED) is 0.701. The number of halogens is 3. The molecule has 2 aliphatic rings. The highest BCUT2D eigenvalue weighted by Crippen LogP contribution is 2.45. The van der Waals surface area contributed by atoms with E-state index in [9.17, 15) is 18.8 Å². The van der Waals surface area contributed by atoms with Crippen molar-refractivity contribution in [3.63, 3.8) is 0 Å². The zero-order chi connectivity index (χ0) is 19.8. The van der Waals surface area contributed by atoms with Crippen molar-refractivity contribution < 1.29 is 13.6 Å². The fourth-order valence-corrected chi connectivity index (χ4v) is 4.97. The molecule has 28 heavy (non-hydrogen) atoms. The Kier molecular flexibility index (Phi) is 5.00. The van der Waals surface area contributed by atoms with Crippen LogP contribution in [0.15, 0.2) is 53.1 Å². The summed E-state index contributed by atoms with van der Waals surface area (Å²) < 4.78 is 28.6. The first-order valence-corrected chi connectivity index (χ1v) is 9.88. The van der Waals surface area contributed by atoms with Gasteiger partial charge in [0.05, 0.1) is 34.9 Å². The Morgan fingerprint density at radius 1 is 1.14 bits per heavy atom. The van der Waals surface area contributed by atoms with Crippen molar-refractivity contribution in [1.29, 1.82) is 5.26 Å². The van der Waals surface area contributed by atoms with Gasteiger partial charge in [-0.25, -0.2) is 8.78 Å². The number of allylic oxidation sites excluding steroid dienone is 1. The minimum atomic E-state index is -0.732. The number of rotatable bonds is 2. The molecule has 1 saturated heterocycles. The molecule has 2 aliphatic heterocycles. The molecule has 2 aromatic rings. The van der Waals surface area contributed by atoms with E-state index in [4.69, 9.17) is 11.6 Å². The van der Waals surface area contributed by atoms with E-state index in [2.05, 4.69) is 6.07 Å². The minimum absolute atomic E-state index is 0.0707. The van der Waals surface area contributed by atoms with Crippen molar-refractivity contribution >= 4 is 35.0 Å². The SMILES string of the molecule is N#CC1=C2SCN(c3ccccc3F)CN2C(=O)C[C@H]1c1c(F)cccc1Cl. The van der Waals surface area contributed by atoms with E-state index >= 15 is 0 Å². The molecule has 2 aromatic carbocycles. The van der Waals surface area contributed by atoms with E-state index in [1.807, 2.05) is 0 Å². The predicted molar refractivity (Wildman–Crippen MR) is 104 cm³/mol. The molecule has 0 aliphatic carbocycles. The van der Waals surface area contributed by atoms with Crippen molar-refractivity contribution in [1.82, 2.24) is 4.90 Å². The first-order chi connectivity index (χ1) is 13.5. The monoisotopic (exact) mass is 417 g/mol. The summed E-state index contributed by atoms with van der Waals surface area (Å²) in [7, 11) is 0. The molecule has 0 spiro atoms. The second-order valence-electron chi connectivity index (χ2n) is 6.45. The summed E-state index contributed by atoms with van der Waals surface area (Å²) in [4.78, 5) is 16.0. The molecule has 4 rings (SSSR count). The largest absolute Gasteiger partial charge is 0.341 e. The van der Waals surface area contributed by atoms with Crippen LogP contribution in [0.1, 0.15) is 17.9 Å². The molecule has 2 heterocycles. The molecule has 0 aromatic heterocycles. The highest BCUT2D eigenvalue weighted by atomic mass is 35.5. The van der Waals surface area contributed by atoms with Crippen LogP contribution in [-0.4, -0.2) is 23.4 Å². The molecule has 0 saturated carbocycles. The Hall–Kier alpha value is -2.56. The average Bonchev–Trinajstić information content (AvgIpc) is 2.68. The Bertz CT molecular complexity index is 1020. The van der Waals surface area contributed by atoms with Gasteiger partial charge >= 0.3 is 0 Å². The van der Waals surface area contributed by atoms with Gasteiger partial charge in [-0.2, -0.15) is 5.26 Å². The van der Waals surface area contributed by atoms with Crippen LogP contribution >= 0.6 is 23.4 Å². The molecule has 1 fully saturated rings. The number of thioether (sulfide) groups is 1. The van der Waals surface area contributed by atoms with Crippen molar-refractivity contribution in [3.8, 4) is 6.07 Å². The van der Waals surface area contributed by atoms with Gasteiger partial charge in [0, 0.05) is 22.9 Å². The van der Waals surface area contributed by atoms with E-state index in [1.165, 1.54) is 34.9 Å². The van der Waals surface area contributed by atoms with Gasteiger partial charge in [-0.1, -0.05) is 41.6 Å². The van der Waals surface area contributed by atoms with E-state index in [1.54, 1.807) is 29.2 Å². The molecular weight excluding hydrogens is 404 g/mol. The van der Waals surface area contributed by atoms with E-state index in [0.717, 1.165) is 0 Å². The number of nitrogens with zero attached hydrogens (tertiary/aromatic N) is 3. The summed E-state index contributed by atoms with van der Waals surface area (Å²) in [6, 6.07) is 12.8. The number of amides is 1.